The van der Waals surface area contributed by atoms with Crippen molar-refractivity contribution in [1.82, 2.24) is 0 Å². The van der Waals surface area contributed by atoms with Crippen molar-refractivity contribution in [1.29, 1.82) is 0 Å². The summed E-state index contributed by atoms with van der Waals surface area (Å²) in [5, 5.41) is 0. The van der Waals surface area contributed by atoms with Gasteiger partial charge in [0.25, 0.3) is 0 Å². The molecular weight excluding hydrogens is 312 g/mol. The Kier molecular flexibility index (Phi) is 11.9. The van der Waals surface area contributed by atoms with E-state index < -0.39 is 40.0 Å². The Morgan fingerprint density at radius 1 is 1.43 bits per heavy atom. The molecule has 0 spiro atoms. The molecule has 0 rings (SSSR count). The van der Waals surface area contributed by atoms with Crippen molar-refractivity contribution in [3.05, 3.63) is 12.7 Å². The zero-order valence-corrected chi connectivity index (χ0v) is 14.5. The maximum atomic E-state index is 11.8. The first-order valence-electron chi connectivity index (χ1n) is 6.16. The van der Waals surface area contributed by atoms with E-state index >= 15 is 0 Å². The summed E-state index contributed by atoms with van der Waals surface area (Å²) in [5.74, 6) is -3.42. The Morgan fingerprint density at radius 3 is 2.43 bits per heavy atom. The van der Waals surface area contributed by atoms with Crippen molar-refractivity contribution in [2.45, 2.75) is 39.2 Å². The molecule has 0 aromatic rings. The molecule has 9 heteroatoms. The van der Waals surface area contributed by atoms with Crippen LogP contribution >= 0.6 is 0 Å². The van der Waals surface area contributed by atoms with Crippen LogP contribution in [0.1, 0.15) is 36.0 Å². The van der Waals surface area contributed by atoms with E-state index in [4.69, 9.17) is 9.29 Å². The van der Waals surface area contributed by atoms with Gasteiger partial charge < -0.3 is 12.3 Å². The third-order valence-corrected chi connectivity index (χ3v) is 2.97. The third-order valence-electron chi connectivity index (χ3n) is 2.56. The number of rotatable bonds is 9. The molecule has 0 saturated heterocycles. The molecule has 0 aromatic heterocycles. The van der Waals surface area contributed by atoms with Crippen molar-refractivity contribution in [3.8, 4) is 0 Å². The molecule has 1 N–H and O–H groups in total. The molecule has 0 aliphatic rings. The monoisotopic (exact) mass is 334 g/mol. The van der Waals surface area contributed by atoms with E-state index in [0.29, 0.717) is 12.8 Å². The minimum Gasteiger partial charge on any atom is -1.00 e. The maximum Gasteiger partial charge on any atom is 2.00 e. The van der Waals surface area contributed by atoms with E-state index in [2.05, 4.69) is 11.3 Å². The van der Waals surface area contributed by atoms with E-state index in [0.717, 1.165) is 12.5 Å². The van der Waals surface area contributed by atoms with E-state index in [1.165, 1.54) is 6.92 Å². The predicted molar refractivity (Wildman–Crippen MR) is 79.3 cm³/mol. The fourth-order valence-corrected chi connectivity index (χ4v) is 1.79. The van der Waals surface area contributed by atoms with Crippen molar-refractivity contribution in [2.24, 2.45) is 5.92 Å². The Labute approximate surface area is 143 Å². The number of hydrogen-bond acceptors (Lipinski definition) is 6. The number of ether oxygens (including phenoxy) is 2. The molecule has 0 heterocycles. The fraction of sp³-hybridized carbons (Fsp3) is 0.667. The molecular formula is C12H22MgO7S. The van der Waals surface area contributed by atoms with Crippen LogP contribution in [0.15, 0.2) is 12.7 Å². The van der Waals surface area contributed by atoms with Gasteiger partial charge in [0.15, 0.2) is 0 Å². The number of hydrogen-bond donors (Lipinski definition) is 1. The standard InChI is InChI=1S/C12H20O7S.Mg.2H/c1-4-6-7-10(9(3)19-11(13)5-2)12(14)18-8-20(15,16)17;;;/h5,9-10H,2,4,6-8H2,1,3H3,(H,15,16,17);;;/q;+2;2*-1. The van der Waals surface area contributed by atoms with Crippen molar-refractivity contribution >= 4 is 45.1 Å². The topological polar surface area (TPSA) is 107 Å². The van der Waals surface area contributed by atoms with Crippen LogP contribution in [0.4, 0.5) is 0 Å². The van der Waals surface area contributed by atoms with Crippen LogP contribution in [-0.4, -0.2) is 60.0 Å². The van der Waals surface area contributed by atoms with E-state index in [9.17, 15) is 18.0 Å². The second-order valence-corrected chi connectivity index (χ2v) is 5.66. The van der Waals surface area contributed by atoms with Gasteiger partial charge in [-0.25, -0.2) is 4.79 Å². The van der Waals surface area contributed by atoms with Gasteiger partial charge in [0.1, 0.15) is 6.10 Å². The molecule has 0 aromatic carbocycles. The van der Waals surface area contributed by atoms with E-state index in [1.807, 2.05) is 6.92 Å². The first-order chi connectivity index (χ1) is 9.21. The Balaban J connectivity index is -0.000000602. The second kappa shape index (κ2) is 11.0. The summed E-state index contributed by atoms with van der Waals surface area (Å²) in [6, 6.07) is 0. The second-order valence-electron chi connectivity index (χ2n) is 4.26. The first-order valence-corrected chi connectivity index (χ1v) is 7.77. The molecule has 0 bridgehead atoms. The van der Waals surface area contributed by atoms with E-state index in [-0.39, 0.29) is 25.9 Å². The number of esters is 2. The minimum absolute atomic E-state index is 0. The van der Waals surface area contributed by atoms with Crippen LogP contribution < -0.4 is 0 Å². The molecule has 7 nitrogen and oxygen atoms in total. The van der Waals surface area contributed by atoms with Crippen molar-refractivity contribution in [3.63, 3.8) is 0 Å². The number of carbonyl (C=O) groups is 2. The normalized spacial score (nSPS) is 13.5. The first kappa shape index (κ1) is 22.6. The third kappa shape index (κ3) is 10.7. The maximum absolute atomic E-state index is 11.8. The summed E-state index contributed by atoms with van der Waals surface area (Å²) >= 11 is 0. The van der Waals surface area contributed by atoms with Gasteiger partial charge in [0.05, 0.1) is 5.92 Å². The van der Waals surface area contributed by atoms with Gasteiger partial charge in [-0.3, -0.25) is 9.35 Å². The zero-order valence-electron chi connectivity index (χ0n) is 14.3. The summed E-state index contributed by atoms with van der Waals surface area (Å²) in [6.45, 7) is 6.67. The van der Waals surface area contributed by atoms with Gasteiger partial charge in [-0.05, 0) is 13.3 Å². The van der Waals surface area contributed by atoms with Crippen LogP contribution in [0.3, 0.4) is 0 Å². The summed E-state index contributed by atoms with van der Waals surface area (Å²) in [4.78, 5) is 22.9. The van der Waals surface area contributed by atoms with Crippen molar-refractivity contribution < 1.29 is 34.9 Å². The van der Waals surface area contributed by atoms with Crippen molar-refractivity contribution in [2.75, 3.05) is 5.94 Å². The number of carbonyl (C=O) groups excluding carboxylic acids is 2. The summed E-state index contributed by atoms with van der Waals surface area (Å²) < 4.78 is 39.1. The molecule has 0 amide bonds. The molecule has 0 aliphatic carbocycles. The van der Waals surface area contributed by atoms with Gasteiger partial charge in [-0.1, -0.05) is 26.3 Å². The molecule has 120 valence electrons. The largest absolute Gasteiger partial charge is 2.00 e. The smallest absolute Gasteiger partial charge is 1.00 e. The van der Waals surface area contributed by atoms with Crippen LogP contribution in [0, 0.1) is 5.92 Å². The van der Waals surface area contributed by atoms with Crippen LogP contribution in [0.25, 0.3) is 0 Å². The van der Waals surface area contributed by atoms with Gasteiger partial charge >= 0.3 is 45.1 Å². The van der Waals surface area contributed by atoms with Gasteiger partial charge in [-0.15, -0.1) is 0 Å². The summed E-state index contributed by atoms with van der Waals surface area (Å²) in [5.41, 5.74) is 0. The van der Waals surface area contributed by atoms with Crippen LogP contribution in [0.2, 0.25) is 0 Å². The Bertz CT molecular complexity index is 456. The SMILES string of the molecule is C=CC(=O)OC(C)C(CCCC)C(=O)OCS(=O)(=O)O.[H-].[H-].[Mg+2]. The molecule has 2 atom stereocenters. The number of unbranched alkanes of at least 4 members (excludes halogenated alkanes) is 1. The van der Waals surface area contributed by atoms with Gasteiger partial charge in [0, 0.05) is 6.08 Å². The van der Waals surface area contributed by atoms with Crippen LogP contribution in [-0.2, 0) is 29.2 Å². The molecule has 0 radical (unpaired) electrons. The Hall–Kier alpha value is -0.644. The van der Waals surface area contributed by atoms with Gasteiger partial charge in [0.2, 0.25) is 5.94 Å². The van der Waals surface area contributed by atoms with E-state index in [1.54, 1.807) is 0 Å². The summed E-state index contributed by atoms with van der Waals surface area (Å²) in [7, 11) is -4.39. The Morgan fingerprint density at radius 2 is 2.00 bits per heavy atom. The average molecular weight is 335 g/mol. The molecule has 2 unspecified atom stereocenters. The van der Waals surface area contributed by atoms with Gasteiger partial charge in [-0.2, -0.15) is 8.42 Å². The average Bonchev–Trinajstić information content (AvgIpc) is 2.35. The quantitative estimate of drug-likeness (QED) is 0.291. The zero-order chi connectivity index (χ0) is 15.8. The predicted octanol–water partition coefficient (Wildman–Crippen LogP) is 1.14. The molecule has 21 heavy (non-hydrogen) atoms. The molecule has 0 fully saturated rings. The fourth-order valence-electron chi connectivity index (χ4n) is 1.52. The van der Waals surface area contributed by atoms with Crippen LogP contribution in [0.5, 0.6) is 0 Å². The molecule has 0 aliphatic heterocycles. The minimum atomic E-state index is -4.39. The molecule has 0 saturated carbocycles. The summed E-state index contributed by atoms with van der Waals surface area (Å²) in [6.07, 6.45) is 2.07.